The second kappa shape index (κ2) is 9.25. The molecule has 0 saturated carbocycles. The van der Waals surface area contributed by atoms with E-state index in [1.165, 1.54) is 5.56 Å². The number of hydrogen-bond donors (Lipinski definition) is 1. The van der Waals surface area contributed by atoms with Gasteiger partial charge in [0.1, 0.15) is 0 Å². The van der Waals surface area contributed by atoms with Gasteiger partial charge in [0.25, 0.3) is 0 Å². The van der Waals surface area contributed by atoms with E-state index in [-0.39, 0.29) is 6.04 Å². The van der Waals surface area contributed by atoms with Crippen molar-refractivity contribution < 1.29 is 9.47 Å². The molecule has 2 rings (SSSR count). The van der Waals surface area contributed by atoms with Crippen molar-refractivity contribution in [1.82, 2.24) is 9.80 Å². The third-order valence-electron chi connectivity index (χ3n) is 4.66. The SMILES string of the molecule is CCN1CCN(C(CN)c2ccc(OCC(C)C)c(OC)c2)CC1. The van der Waals surface area contributed by atoms with Gasteiger partial charge in [-0.15, -0.1) is 0 Å². The van der Waals surface area contributed by atoms with Crippen molar-refractivity contribution >= 4 is 0 Å². The molecule has 0 bridgehead atoms. The first-order valence-electron chi connectivity index (χ1n) is 9.06. The number of nitrogens with zero attached hydrogens (tertiary/aromatic N) is 2. The molecule has 1 unspecified atom stereocenters. The number of ether oxygens (including phenoxy) is 2. The largest absolute Gasteiger partial charge is 0.493 e. The van der Waals surface area contributed by atoms with Crippen LogP contribution in [0.3, 0.4) is 0 Å². The zero-order chi connectivity index (χ0) is 17.5. The van der Waals surface area contributed by atoms with Crippen molar-refractivity contribution in [2.45, 2.75) is 26.8 Å². The van der Waals surface area contributed by atoms with E-state index in [0.717, 1.165) is 44.2 Å². The van der Waals surface area contributed by atoms with Crippen LogP contribution in [0, 0.1) is 5.92 Å². The van der Waals surface area contributed by atoms with Crippen LogP contribution in [0.4, 0.5) is 0 Å². The van der Waals surface area contributed by atoms with E-state index in [9.17, 15) is 0 Å². The number of nitrogens with two attached hydrogens (primary N) is 1. The fraction of sp³-hybridized carbons (Fsp3) is 0.684. The van der Waals surface area contributed by atoms with Gasteiger partial charge in [-0.1, -0.05) is 26.8 Å². The van der Waals surface area contributed by atoms with E-state index >= 15 is 0 Å². The molecule has 2 N–H and O–H groups in total. The van der Waals surface area contributed by atoms with Crippen molar-refractivity contribution in [3.05, 3.63) is 23.8 Å². The Bertz CT molecular complexity index is 499. The lowest BCUT2D eigenvalue weighted by Gasteiger charge is -2.38. The van der Waals surface area contributed by atoms with Gasteiger partial charge in [0.2, 0.25) is 0 Å². The number of benzene rings is 1. The highest BCUT2D eigenvalue weighted by Gasteiger charge is 2.24. The summed E-state index contributed by atoms with van der Waals surface area (Å²) in [6, 6.07) is 6.46. The van der Waals surface area contributed by atoms with Crippen molar-refractivity contribution in [2.24, 2.45) is 11.7 Å². The minimum atomic E-state index is 0.233. The van der Waals surface area contributed by atoms with Crippen molar-refractivity contribution in [3.63, 3.8) is 0 Å². The molecule has 24 heavy (non-hydrogen) atoms. The summed E-state index contributed by atoms with van der Waals surface area (Å²) in [7, 11) is 1.69. The van der Waals surface area contributed by atoms with Crippen molar-refractivity contribution in [2.75, 3.05) is 53.0 Å². The Morgan fingerprint density at radius 2 is 1.83 bits per heavy atom. The lowest BCUT2D eigenvalue weighted by atomic mass is 10.0. The molecule has 0 amide bonds. The summed E-state index contributed by atoms with van der Waals surface area (Å²) in [5.74, 6) is 2.08. The van der Waals surface area contributed by atoms with Crippen LogP contribution >= 0.6 is 0 Å². The van der Waals surface area contributed by atoms with Crippen LogP contribution in [0.1, 0.15) is 32.4 Å². The molecule has 1 saturated heterocycles. The molecule has 136 valence electrons. The monoisotopic (exact) mass is 335 g/mol. The predicted octanol–water partition coefficient (Wildman–Crippen LogP) is 2.37. The summed E-state index contributed by atoms with van der Waals surface area (Å²) in [5, 5.41) is 0. The van der Waals surface area contributed by atoms with E-state index in [1.54, 1.807) is 7.11 Å². The molecule has 0 aliphatic carbocycles. The lowest BCUT2D eigenvalue weighted by Crippen LogP contribution is -2.48. The van der Waals surface area contributed by atoms with Crippen LogP contribution in [0.25, 0.3) is 0 Å². The predicted molar refractivity (Wildman–Crippen MR) is 98.8 cm³/mol. The Labute approximate surface area is 146 Å². The fourth-order valence-electron chi connectivity index (χ4n) is 3.15. The van der Waals surface area contributed by atoms with Gasteiger partial charge in [-0.25, -0.2) is 0 Å². The molecule has 1 heterocycles. The Morgan fingerprint density at radius 3 is 2.38 bits per heavy atom. The average Bonchev–Trinajstić information content (AvgIpc) is 2.61. The second-order valence-corrected chi connectivity index (χ2v) is 6.84. The Balaban J connectivity index is 2.11. The number of piperazine rings is 1. The van der Waals surface area contributed by atoms with Crippen LogP contribution in [-0.2, 0) is 0 Å². The minimum absolute atomic E-state index is 0.233. The molecule has 1 aromatic carbocycles. The van der Waals surface area contributed by atoms with Crippen LogP contribution in [0.2, 0.25) is 0 Å². The van der Waals surface area contributed by atoms with Crippen LogP contribution in [0.5, 0.6) is 11.5 Å². The lowest BCUT2D eigenvalue weighted by molar-refractivity contribution is 0.102. The first kappa shape index (κ1) is 19.0. The Hall–Kier alpha value is -1.30. The van der Waals surface area contributed by atoms with Gasteiger partial charge in [0, 0.05) is 38.8 Å². The molecular formula is C19H33N3O2. The second-order valence-electron chi connectivity index (χ2n) is 6.84. The molecule has 1 aromatic rings. The number of hydrogen-bond acceptors (Lipinski definition) is 5. The molecular weight excluding hydrogens is 302 g/mol. The van der Waals surface area contributed by atoms with E-state index < -0.39 is 0 Å². The molecule has 5 nitrogen and oxygen atoms in total. The smallest absolute Gasteiger partial charge is 0.161 e. The third kappa shape index (κ3) is 4.85. The van der Waals surface area contributed by atoms with Crippen molar-refractivity contribution in [3.8, 4) is 11.5 Å². The number of methoxy groups -OCH3 is 1. The first-order valence-corrected chi connectivity index (χ1v) is 9.06. The standard InChI is InChI=1S/C19H33N3O2/c1-5-21-8-10-22(11-9-21)17(13-20)16-6-7-18(19(12-16)23-4)24-14-15(2)3/h6-7,12,15,17H,5,8-11,13-14,20H2,1-4H3. The zero-order valence-electron chi connectivity index (χ0n) is 15.6. The van der Waals surface area contributed by atoms with E-state index in [1.807, 2.05) is 6.07 Å². The Kier molecular flexibility index (Phi) is 7.34. The summed E-state index contributed by atoms with van der Waals surface area (Å²) in [5.41, 5.74) is 7.31. The number of likely N-dealkylation sites (N-methyl/N-ethyl adjacent to an activating group) is 1. The quantitative estimate of drug-likeness (QED) is 0.790. The normalized spacial score (nSPS) is 17.9. The van der Waals surface area contributed by atoms with Crippen molar-refractivity contribution in [1.29, 1.82) is 0 Å². The molecule has 0 aromatic heterocycles. The molecule has 1 atom stereocenters. The fourth-order valence-corrected chi connectivity index (χ4v) is 3.15. The van der Waals surface area contributed by atoms with Gasteiger partial charge < -0.3 is 20.1 Å². The van der Waals surface area contributed by atoms with Crippen LogP contribution < -0.4 is 15.2 Å². The Morgan fingerprint density at radius 1 is 1.12 bits per heavy atom. The molecule has 1 aliphatic heterocycles. The van der Waals surface area contributed by atoms with E-state index in [0.29, 0.717) is 19.1 Å². The average molecular weight is 335 g/mol. The molecule has 1 fully saturated rings. The molecule has 0 spiro atoms. The van der Waals surface area contributed by atoms with Crippen LogP contribution in [0.15, 0.2) is 18.2 Å². The van der Waals surface area contributed by atoms with Crippen LogP contribution in [-0.4, -0.2) is 62.8 Å². The van der Waals surface area contributed by atoms with Gasteiger partial charge in [-0.05, 0) is 30.2 Å². The topological polar surface area (TPSA) is 51.0 Å². The molecule has 1 aliphatic rings. The zero-order valence-corrected chi connectivity index (χ0v) is 15.6. The summed E-state index contributed by atoms with van der Waals surface area (Å²) in [6.45, 7) is 13.3. The van der Waals surface area contributed by atoms with Gasteiger partial charge in [0.15, 0.2) is 11.5 Å². The summed E-state index contributed by atoms with van der Waals surface area (Å²) in [6.07, 6.45) is 0. The van der Waals surface area contributed by atoms with Gasteiger partial charge in [0.05, 0.1) is 13.7 Å². The maximum atomic E-state index is 6.10. The highest BCUT2D eigenvalue weighted by molar-refractivity contribution is 5.44. The minimum Gasteiger partial charge on any atom is -0.493 e. The maximum absolute atomic E-state index is 6.10. The first-order chi connectivity index (χ1) is 11.6. The number of rotatable bonds is 8. The highest BCUT2D eigenvalue weighted by atomic mass is 16.5. The van der Waals surface area contributed by atoms with E-state index in [2.05, 4.69) is 42.7 Å². The van der Waals surface area contributed by atoms with Gasteiger partial charge >= 0.3 is 0 Å². The maximum Gasteiger partial charge on any atom is 0.161 e. The summed E-state index contributed by atoms with van der Waals surface area (Å²) >= 11 is 0. The van der Waals surface area contributed by atoms with E-state index in [4.69, 9.17) is 15.2 Å². The van der Waals surface area contributed by atoms with Gasteiger partial charge in [-0.3, -0.25) is 4.90 Å². The highest BCUT2D eigenvalue weighted by Crippen LogP contribution is 2.32. The molecule has 5 heteroatoms. The van der Waals surface area contributed by atoms with Gasteiger partial charge in [-0.2, -0.15) is 0 Å². The summed E-state index contributed by atoms with van der Waals surface area (Å²) < 4.78 is 11.4. The summed E-state index contributed by atoms with van der Waals surface area (Å²) in [4.78, 5) is 4.96. The molecule has 0 radical (unpaired) electrons. The third-order valence-corrected chi connectivity index (χ3v) is 4.66.